The van der Waals surface area contributed by atoms with Crippen LogP contribution in [0.25, 0.3) is 0 Å². The molecule has 7 heteroatoms. The molecule has 2 heterocycles. The summed E-state index contributed by atoms with van der Waals surface area (Å²) in [5, 5.41) is 11.6. The molecule has 7 nitrogen and oxygen atoms in total. The summed E-state index contributed by atoms with van der Waals surface area (Å²) in [7, 11) is 1.78. The average molecular weight is 299 g/mol. The number of aromatic nitrogens is 2. The van der Waals surface area contributed by atoms with E-state index in [1.807, 2.05) is 35.2 Å². The molecule has 0 radical (unpaired) electrons. The number of nitrogens with zero attached hydrogens (tertiary/aromatic N) is 5. The molecular weight excluding hydrogens is 282 g/mol. The summed E-state index contributed by atoms with van der Waals surface area (Å²) in [6, 6.07) is 9.46. The number of benzene rings is 1. The molecule has 1 aromatic heterocycles. The van der Waals surface area contributed by atoms with Gasteiger partial charge in [-0.15, -0.1) is 0 Å². The second-order valence-corrected chi connectivity index (χ2v) is 5.22. The van der Waals surface area contributed by atoms with Crippen LogP contribution in [0.3, 0.4) is 0 Å². The van der Waals surface area contributed by atoms with Crippen molar-refractivity contribution >= 4 is 23.0 Å². The van der Waals surface area contributed by atoms with E-state index >= 15 is 0 Å². The van der Waals surface area contributed by atoms with Crippen molar-refractivity contribution < 1.29 is 4.92 Å². The Balaban J connectivity index is 2.07. The number of rotatable bonds is 4. The van der Waals surface area contributed by atoms with Crippen LogP contribution in [0.5, 0.6) is 0 Å². The predicted octanol–water partition coefficient (Wildman–Crippen LogP) is 2.75. The van der Waals surface area contributed by atoms with Gasteiger partial charge >= 0.3 is 5.69 Å². The lowest BCUT2D eigenvalue weighted by molar-refractivity contribution is -0.383. The molecule has 1 aliphatic heterocycles. The lowest BCUT2D eigenvalue weighted by Gasteiger charge is -2.21. The molecule has 0 N–H and O–H groups in total. The Morgan fingerprint density at radius 3 is 2.50 bits per heavy atom. The van der Waals surface area contributed by atoms with E-state index in [0.717, 1.165) is 31.6 Å². The summed E-state index contributed by atoms with van der Waals surface area (Å²) < 4.78 is 0. The van der Waals surface area contributed by atoms with Crippen molar-refractivity contribution in [3.8, 4) is 0 Å². The quantitative estimate of drug-likeness (QED) is 0.638. The maximum atomic E-state index is 11.6. The Labute approximate surface area is 128 Å². The van der Waals surface area contributed by atoms with Crippen LogP contribution in [0.2, 0.25) is 0 Å². The van der Waals surface area contributed by atoms with E-state index in [2.05, 4.69) is 9.97 Å². The van der Waals surface area contributed by atoms with E-state index in [-0.39, 0.29) is 10.6 Å². The van der Waals surface area contributed by atoms with E-state index in [1.165, 1.54) is 6.33 Å². The van der Waals surface area contributed by atoms with E-state index in [4.69, 9.17) is 0 Å². The van der Waals surface area contributed by atoms with Gasteiger partial charge in [-0.1, -0.05) is 18.2 Å². The number of hydrogen-bond acceptors (Lipinski definition) is 6. The molecule has 0 unspecified atom stereocenters. The van der Waals surface area contributed by atoms with Gasteiger partial charge in [-0.05, 0) is 25.0 Å². The zero-order valence-corrected chi connectivity index (χ0v) is 12.3. The van der Waals surface area contributed by atoms with Crippen LogP contribution in [0, 0.1) is 10.1 Å². The van der Waals surface area contributed by atoms with Gasteiger partial charge in [0.25, 0.3) is 0 Å². The first kappa shape index (κ1) is 14.2. The largest absolute Gasteiger partial charge is 0.353 e. The molecular formula is C15H17N5O2. The molecule has 0 spiro atoms. The summed E-state index contributed by atoms with van der Waals surface area (Å²) in [5.41, 5.74) is 0.812. The van der Waals surface area contributed by atoms with Crippen LogP contribution in [0.1, 0.15) is 12.8 Å². The number of anilines is 3. The highest BCUT2D eigenvalue weighted by atomic mass is 16.6. The first-order valence-corrected chi connectivity index (χ1v) is 7.21. The van der Waals surface area contributed by atoms with Gasteiger partial charge in [0, 0.05) is 25.8 Å². The highest BCUT2D eigenvalue weighted by Crippen LogP contribution is 2.37. The van der Waals surface area contributed by atoms with Crippen LogP contribution in [-0.2, 0) is 0 Å². The van der Waals surface area contributed by atoms with E-state index in [1.54, 1.807) is 11.9 Å². The van der Waals surface area contributed by atoms with Gasteiger partial charge in [0.15, 0.2) is 0 Å². The lowest BCUT2D eigenvalue weighted by atomic mass is 10.3. The second-order valence-electron chi connectivity index (χ2n) is 5.22. The average Bonchev–Trinajstić information content (AvgIpc) is 3.08. The van der Waals surface area contributed by atoms with Gasteiger partial charge in [0.1, 0.15) is 6.33 Å². The Morgan fingerprint density at radius 1 is 1.18 bits per heavy atom. The first-order valence-electron chi connectivity index (χ1n) is 7.21. The third-order valence-electron chi connectivity index (χ3n) is 3.83. The zero-order valence-electron chi connectivity index (χ0n) is 12.3. The van der Waals surface area contributed by atoms with Crippen LogP contribution in [-0.4, -0.2) is 35.0 Å². The summed E-state index contributed by atoms with van der Waals surface area (Å²) in [4.78, 5) is 23.2. The summed E-state index contributed by atoms with van der Waals surface area (Å²) in [5.74, 6) is 0.725. The zero-order chi connectivity index (χ0) is 15.5. The number of hydrogen-bond donors (Lipinski definition) is 0. The number of nitro groups is 1. The lowest BCUT2D eigenvalue weighted by Crippen LogP contribution is -2.22. The Kier molecular flexibility index (Phi) is 3.86. The standard InChI is InChI=1S/C15H17N5O2/c1-18(12-7-3-2-4-8-12)14-13(20(21)22)15(17-11-16-14)19-9-5-6-10-19/h2-4,7-8,11H,5-6,9-10H2,1H3. The maximum Gasteiger partial charge on any atom is 0.353 e. The Hall–Kier alpha value is -2.70. The molecule has 0 amide bonds. The molecule has 0 aliphatic carbocycles. The highest BCUT2D eigenvalue weighted by Gasteiger charge is 2.30. The molecule has 1 aliphatic rings. The molecule has 1 fully saturated rings. The van der Waals surface area contributed by atoms with Crippen molar-refractivity contribution in [1.82, 2.24) is 9.97 Å². The van der Waals surface area contributed by atoms with E-state index in [9.17, 15) is 10.1 Å². The molecule has 114 valence electrons. The van der Waals surface area contributed by atoms with Crippen LogP contribution >= 0.6 is 0 Å². The summed E-state index contributed by atoms with van der Waals surface area (Å²) in [6.07, 6.45) is 3.46. The minimum Gasteiger partial charge on any atom is -0.351 e. The third-order valence-corrected chi connectivity index (χ3v) is 3.83. The van der Waals surface area contributed by atoms with Gasteiger partial charge in [-0.25, -0.2) is 9.97 Å². The van der Waals surface area contributed by atoms with Crippen molar-refractivity contribution in [2.24, 2.45) is 0 Å². The number of para-hydroxylation sites is 1. The van der Waals surface area contributed by atoms with Crippen LogP contribution in [0.15, 0.2) is 36.7 Å². The second kappa shape index (κ2) is 5.97. The van der Waals surface area contributed by atoms with Crippen molar-refractivity contribution in [3.05, 3.63) is 46.8 Å². The fraction of sp³-hybridized carbons (Fsp3) is 0.333. The van der Waals surface area contributed by atoms with Crippen molar-refractivity contribution in [1.29, 1.82) is 0 Å². The van der Waals surface area contributed by atoms with Crippen molar-refractivity contribution in [2.45, 2.75) is 12.8 Å². The van der Waals surface area contributed by atoms with Crippen LogP contribution < -0.4 is 9.80 Å². The van der Waals surface area contributed by atoms with Gasteiger partial charge < -0.3 is 9.80 Å². The van der Waals surface area contributed by atoms with Gasteiger partial charge in [-0.2, -0.15) is 0 Å². The smallest absolute Gasteiger partial charge is 0.351 e. The minimum atomic E-state index is -0.386. The van der Waals surface area contributed by atoms with Crippen molar-refractivity contribution in [3.63, 3.8) is 0 Å². The molecule has 22 heavy (non-hydrogen) atoms. The highest BCUT2D eigenvalue weighted by molar-refractivity contribution is 5.75. The van der Waals surface area contributed by atoms with Crippen molar-refractivity contribution in [2.75, 3.05) is 29.9 Å². The van der Waals surface area contributed by atoms with Gasteiger partial charge in [-0.3, -0.25) is 10.1 Å². The van der Waals surface area contributed by atoms with E-state index in [0.29, 0.717) is 11.6 Å². The molecule has 0 saturated carbocycles. The third kappa shape index (κ3) is 2.57. The maximum absolute atomic E-state index is 11.6. The topological polar surface area (TPSA) is 75.4 Å². The SMILES string of the molecule is CN(c1ccccc1)c1ncnc(N2CCCC2)c1[N+](=O)[O-]. The first-order chi connectivity index (χ1) is 10.7. The molecule has 0 bridgehead atoms. The Bertz CT molecular complexity index is 671. The van der Waals surface area contributed by atoms with Crippen LogP contribution in [0.4, 0.5) is 23.0 Å². The molecule has 1 saturated heterocycles. The fourth-order valence-electron chi connectivity index (χ4n) is 2.70. The summed E-state index contributed by atoms with van der Waals surface area (Å²) >= 11 is 0. The molecule has 0 atom stereocenters. The molecule has 2 aromatic rings. The molecule has 1 aromatic carbocycles. The predicted molar refractivity (Wildman–Crippen MR) is 84.6 cm³/mol. The molecule has 3 rings (SSSR count). The summed E-state index contributed by atoms with van der Waals surface area (Å²) in [6.45, 7) is 1.60. The normalized spacial score (nSPS) is 14.1. The Morgan fingerprint density at radius 2 is 1.86 bits per heavy atom. The van der Waals surface area contributed by atoms with Gasteiger partial charge in [0.05, 0.1) is 4.92 Å². The van der Waals surface area contributed by atoms with E-state index < -0.39 is 0 Å². The monoisotopic (exact) mass is 299 g/mol. The van der Waals surface area contributed by atoms with Gasteiger partial charge in [0.2, 0.25) is 11.6 Å². The fourth-order valence-corrected chi connectivity index (χ4v) is 2.70. The minimum absolute atomic E-state index is 0.0317.